The number of carbonyl (C=O) groups is 1. The van der Waals surface area contributed by atoms with Crippen LogP contribution in [0, 0.1) is 5.92 Å². The molecule has 1 amide bonds. The van der Waals surface area contributed by atoms with E-state index in [-0.39, 0.29) is 11.8 Å². The van der Waals surface area contributed by atoms with Crippen LogP contribution in [0.2, 0.25) is 0 Å². The summed E-state index contributed by atoms with van der Waals surface area (Å²) >= 11 is 1.68. The molecule has 0 bridgehead atoms. The molecule has 0 spiro atoms. The van der Waals surface area contributed by atoms with E-state index in [1.165, 1.54) is 4.90 Å². The van der Waals surface area contributed by atoms with Gasteiger partial charge in [-0.05, 0) is 43.8 Å². The second-order valence-electron chi connectivity index (χ2n) is 4.26. The van der Waals surface area contributed by atoms with Gasteiger partial charge < -0.3 is 10.6 Å². The van der Waals surface area contributed by atoms with Gasteiger partial charge in [-0.1, -0.05) is 6.07 Å². The molecule has 92 valence electrons. The lowest BCUT2D eigenvalue weighted by Gasteiger charge is -2.21. The standard InChI is InChI=1S/C13H18N2OS/c1-17-12-6-2-5-11(8-12)15-13(16)10-4-3-7-14-9-10/h2,5-6,8,10,14H,3-4,7,9H2,1H3,(H,15,16)/t10-/m0/s1. The van der Waals surface area contributed by atoms with E-state index in [2.05, 4.69) is 10.6 Å². The molecule has 0 aromatic heterocycles. The molecule has 1 heterocycles. The summed E-state index contributed by atoms with van der Waals surface area (Å²) in [7, 11) is 0. The van der Waals surface area contributed by atoms with Crippen LogP contribution >= 0.6 is 11.8 Å². The van der Waals surface area contributed by atoms with Crippen LogP contribution in [0.15, 0.2) is 29.2 Å². The van der Waals surface area contributed by atoms with Gasteiger partial charge in [-0.25, -0.2) is 0 Å². The first kappa shape index (κ1) is 12.5. The van der Waals surface area contributed by atoms with Crippen LogP contribution in [-0.2, 0) is 4.79 Å². The van der Waals surface area contributed by atoms with Crippen LogP contribution in [0.4, 0.5) is 5.69 Å². The van der Waals surface area contributed by atoms with Gasteiger partial charge in [0.15, 0.2) is 0 Å². The van der Waals surface area contributed by atoms with Crippen molar-refractivity contribution < 1.29 is 4.79 Å². The molecule has 0 saturated carbocycles. The average Bonchev–Trinajstić information content (AvgIpc) is 2.40. The monoisotopic (exact) mass is 250 g/mol. The van der Waals surface area contributed by atoms with E-state index in [4.69, 9.17) is 0 Å². The Bertz CT molecular complexity index is 389. The minimum atomic E-state index is 0.113. The number of hydrogen-bond donors (Lipinski definition) is 2. The fraction of sp³-hybridized carbons (Fsp3) is 0.462. The number of piperidine rings is 1. The first-order chi connectivity index (χ1) is 8.29. The number of benzene rings is 1. The van der Waals surface area contributed by atoms with Gasteiger partial charge in [-0.3, -0.25) is 4.79 Å². The van der Waals surface area contributed by atoms with Crippen LogP contribution in [-0.4, -0.2) is 25.3 Å². The van der Waals surface area contributed by atoms with Gasteiger partial charge in [0.2, 0.25) is 5.91 Å². The predicted octanol–water partition coefficient (Wildman–Crippen LogP) is 2.35. The van der Waals surface area contributed by atoms with Crippen molar-refractivity contribution in [3.05, 3.63) is 24.3 Å². The maximum atomic E-state index is 12.0. The van der Waals surface area contributed by atoms with Crippen LogP contribution < -0.4 is 10.6 Å². The summed E-state index contributed by atoms with van der Waals surface area (Å²) in [6.45, 7) is 1.83. The molecule has 0 unspecified atom stereocenters. The van der Waals surface area contributed by atoms with Gasteiger partial charge >= 0.3 is 0 Å². The minimum absolute atomic E-state index is 0.113. The van der Waals surface area contributed by atoms with E-state index in [9.17, 15) is 4.79 Å². The fourth-order valence-corrected chi connectivity index (χ4v) is 2.48. The summed E-state index contributed by atoms with van der Waals surface area (Å²) in [4.78, 5) is 13.2. The highest BCUT2D eigenvalue weighted by molar-refractivity contribution is 7.98. The zero-order valence-electron chi connectivity index (χ0n) is 10.0. The van der Waals surface area contributed by atoms with Crippen molar-refractivity contribution >= 4 is 23.4 Å². The van der Waals surface area contributed by atoms with Gasteiger partial charge in [0.25, 0.3) is 0 Å². The maximum Gasteiger partial charge on any atom is 0.228 e. The van der Waals surface area contributed by atoms with Crippen molar-refractivity contribution in [2.75, 3.05) is 24.7 Å². The Hall–Kier alpha value is -1.00. The summed E-state index contributed by atoms with van der Waals surface area (Å²) in [5.41, 5.74) is 0.896. The highest BCUT2D eigenvalue weighted by Gasteiger charge is 2.20. The molecule has 0 aliphatic carbocycles. The Kier molecular flexibility index (Phi) is 4.45. The molecular weight excluding hydrogens is 232 g/mol. The molecule has 1 fully saturated rings. The van der Waals surface area contributed by atoms with Crippen molar-refractivity contribution in [3.63, 3.8) is 0 Å². The van der Waals surface area contributed by atoms with Crippen LogP contribution in [0.1, 0.15) is 12.8 Å². The smallest absolute Gasteiger partial charge is 0.228 e. The summed E-state index contributed by atoms with van der Waals surface area (Å²) < 4.78 is 0. The van der Waals surface area contributed by atoms with Crippen LogP contribution in [0.25, 0.3) is 0 Å². The number of rotatable bonds is 3. The Morgan fingerprint density at radius 1 is 1.53 bits per heavy atom. The van der Waals surface area contributed by atoms with Crippen molar-refractivity contribution in [3.8, 4) is 0 Å². The zero-order valence-corrected chi connectivity index (χ0v) is 10.8. The van der Waals surface area contributed by atoms with E-state index >= 15 is 0 Å². The van der Waals surface area contributed by atoms with E-state index in [0.717, 1.165) is 31.6 Å². The molecule has 1 aliphatic heterocycles. The number of thioether (sulfide) groups is 1. The minimum Gasteiger partial charge on any atom is -0.326 e. The third kappa shape index (κ3) is 3.48. The molecule has 1 aliphatic rings. The maximum absolute atomic E-state index is 12.0. The molecule has 2 rings (SSSR count). The van der Waals surface area contributed by atoms with Gasteiger partial charge in [0.05, 0.1) is 5.92 Å². The lowest BCUT2D eigenvalue weighted by atomic mass is 9.99. The highest BCUT2D eigenvalue weighted by atomic mass is 32.2. The second-order valence-corrected chi connectivity index (χ2v) is 5.14. The molecule has 4 heteroatoms. The topological polar surface area (TPSA) is 41.1 Å². The van der Waals surface area contributed by atoms with Crippen molar-refractivity contribution in [2.24, 2.45) is 5.92 Å². The molecule has 0 radical (unpaired) electrons. The Labute approximate surface area is 106 Å². The number of hydrogen-bond acceptors (Lipinski definition) is 3. The molecular formula is C13H18N2OS. The van der Waals surface area contributed by atoms with Crippen molar-refractivity contribution in [1.82, 2.24) is 5.32 Å². The molecule has 17 heavy (non-hydrogen) atoms. The first-order valence-corrected chi connectivity index (χ1v) is 7.17. The van der Waals surface area contributed by atoms with Gasteiger partial charge in [-0.15, -0.1) is 11.8 Å². The van der Waals surface area contributed by atoms with Crippen LogP contribution in [0.3, 0.4) is 0 Å². The zero-order chi connectivity index (χ0) is 12.1. The normalized spacial score (nSPS) is 19.9. The van der Waals surface area contributed by atoms with E-state index in [1.54, 1.807) is 11.8 Å². The van der Waals surface area contributed by atoms with Crippen molar-refractivity contribution in [2.45, 2.75) is 17.7 Å². The second kappa shape index (κ2) is 6.07. The van der Waals surface area contributed by atoms with Crippen molar-refractivity contribution in [1.29, 1.82) is 0 Å². The first-order valence-electron chi connectivity index (χ1n) is 5.95. The number of carbonyl (C=O) groups excluding carboxylic acids is 1. The van der Waals surface area contributed by atoms with Crippen LogP contribution in [0.5, 0.6) is 0 Å². The lowest BCUT2D eigenvalue weighted by Crippen LogP contribution is -2.37. The van der Waals surface area contributed by atoms with Gasteiger partial charge in [0.1, 0.15) is 0 Å². The third-order valence-electron chi connectivity index (χ3n) is 3.00. The summed E-state index contributed by atoms with van der Waals surface area (Å²) in [6, 6.07) is 7.97. The van der Waals surface area contributed by atoms with E-state index < -0.39 is 0 Å². The van der Waals surface area contributed by atoms with E-state index in [0.29, 0.717) is 0 Å². The third-order valence-corrected chi connectivity index (χ3v) is 3.73. The quantitative estimate of drug-likeness (QED) is 0.809. The predicted molar refractivity (Wildman–Crippen MR) is 72.4 cm³/mol. The SMILES string of the molecule is CSc1cccc(NC(=O)[C@H]2CCCNC2)c1. The molecule has 1 aromatic carbocycles. The largest absolute Gasteiger partial charge is 0.326 e. The molecule has 3 nitrogen and oxygen atoms in total. The Morgan fingerprint density at radius 3 is 3.12 bits per heavy atom. The van der Waals surface area contributed by atoms with Gasteiger partial charge in [0, 0.05) is 17.1 Å². The number of amides is 1. The number of nitrogens with one attached hydrogen (secondary N) is 2. The molecule has 1 atom stereocenters. The molecule has 1 saturated heterocycles. The fourth-order valence-electron chi connectivity index (χ4n) is 2.02. The number of anilines is 1. The Balaban J connectivity index is 1.96. The summed E-state index contributed by atoms with van der Waals surface area (Å²) in [5.74, 6) is 0.247. The molecule has 1 aromatic rings. The summed E-state index contributed by atoms with van der Waals surface area (Å²) in [5, 5.41) is 6.25. The highest BCUT2D eigenvalue weighted by Crippen LogP contribution is 2.20. The lowest BCUT2D eigenvalue weighted by molar-refractivity contribution is -0.120. The van der Waals surface area contributed by atoms with Gasteiger partial charge in [-0.2, -0.15) is 0 Å². The molecule has 2 N–H and O–H groups in total. The Morgan fingerprint density at radius 2 is 2.41 bits per heavy atom. The summed E-state index contributed by atoms with van der Waals surface area (Å²) in [6.07, 6.45) is 4.11. The average molecular weight is 250 g/mol. The van der Waals surface area contributed by atoms with E-state index in [1.807, 2.05) is 30.5 Å².